The monoisotopic (exact) mass is 437 g/mol. The Morgan fingerprint density at radius 3 is 2.24 bits per heavy atom. The molecule has 0 aliphatic carbocycles. The second kappa shape index (κ2) is 8.23. The second-order valence-electron chi connectivity index (χ2n) is 7.77. The van der Waals surface area contributed by atoms with Crippen LogP contribution in [0.4, 0.5) is 16.4 Å². The number of aromatic nitrogens is 5. The number of carbonyl (C=O) groups excluding carboxylic acids is 1. The summed E-state index contributed by atoms with van der Waals surface area (Å²) in [5, 5.41) is 10.6. The second-order valence-corrected chi connectivity index (χ2v) is 7.77. The van der Waals surface area contributed by atoms with Gasteiger partial charge in [0.25, 0.3) is 0 Å². The first kappa shape index (κ1) is 20.4. The molecule has 164 valence electrons. The van der Waals surface area contributed by atoms with Crippen LogP contribution in [0.25, 0.3) is 22.6 Å². The van der Waals surface area contributed by atoms with E-state index in [0.29, 0.717) is 23.0 Å². The summed E-state index contributed by atoms with van der Waals surface area (Å²) in [6.45, 7) is 5.76. The maximum absolute atomic E-state index is 13.2. The third kappa shape index (κ3) is 3.71. The lowest BCUT2D eigenvalue weighted by Crippen LogP contribution is -2.23. The van der Waals surface area contributed by atoms with Gasteiger partial charge in [0, 0.05) is 23.5 Å². The summed E-state index contributed by atoms with van der Waals surface area (Å²) < 4.78 is 3.59. The van der Waals surface area contributed by atoms with Crippen LogP contribution in [0, 0.1) is 20.8 Å². The van der Waals surface area contributed by atoms with Gasteiger partial charge in [-0.2, -0.15) is 5.10 Å². The molecule has 0 aliphatic heterocycles. The molecule has 0 saturated carbocycles. The number of carbonyl (C=O) groups is 1. The van der Waals surface area contributed by atoms with Crippen LogP contribution >= 0.6 is 0 Å². The summed E-state index contributed by atoms with van der Waals surface area (Å²) in [6.07, 6.45) is 3.49. The van der Waals surface area contributed by atoms with Crippen LogP contribution in [-0.4, -0.2) is 30.2 Å². The average molecular weight is 438 g/mol. The van der Waals surface area contributed by atoms with E-state index in [9.17, 15) is 4.79 Å². The molecule has 0 fully saturated rings. The minimum absolute atomic E-state index is 0.386. The van der Waals surface area contributed by atoms with Crippen LogP contribution in [-0.2, 0) is 0 Å². The van der Waals surface area contributed by atoms with Crippen LogP contribution in [0.1, 0.15) is 17.0 Å². The largest absolute Gasteiger partial charge is 0.326 e. The van der Waals surface area contributed by atoms with Crippen molar-refractivity contribution in [1.82, 2.24) is 24.1 Å². The van der Waals surface area contributed by atoms with E-state index in [-0.39, 0.29) is 6.03 Å². The number of rotatable bonds is 4. The number of nitrogens with zero attached hydrogens (tertiary/aromatic N) is 5. The maximum atomic E-state index is 13.2. The van der Waals surface area contributed by atoms with E-state index >= 15 is 0 Å². The van der Waals surface area contributed by atoms with E-state index in [0.717, 1.165) is 28.2 Å². The van der Waals surface area contributed by atoms with Gasteiger partial charge in [-0.25, -0.2) is 14.5 Å². The van der Waals surface area contributed by atoms with Crippen molar-refractivity contribution in [3.05, 3.63) is 90.0 Å². The third-order valence-corrected chi connectivity index (χ3v) is 5.59. The van der Waals surface area contributed by atoms with Gasteiger partial charge in [-0.3, -0.25) is 20.0 Å². The number of urea groups is 1. The first-order valence-electron chi connectivity index (χ1n) is 10.6. The van der Waals surface area contributed by atoms with Crippen LogP contribution in [0.3, 0.4) is 0 Å². The number of hydrogen-bond acceptors (Lipinski definition) is 4. The van der Waals surface area contributed by atoms with Gasteiger partial charge in [-0.05, 0) is 32.9 Å². The average Bonchev–Trinajstić information content (AvgIpc) is 3.34. The van der Waals surface area contributed by atoms with Crippen molar-refractivity contribution in [2.24, 2.45) is 0 Å². The Kier molecular flexibility index (Phi) is 5.10. The lowest BCUT2D eigenvalue weighted by Gasteiger charge is -2.12. The summed E-state index contributed by atoms with van der Waals surface area (Å²) in [4.78, 5) is 22.3. The first-order chi connectivity index (χ1) is 16.0. The zero-order valence-electron chi connectivity index (χ0n) is 18.6. The molecule has 0 atom stereocenters. The van der Waals surface area contributed by atoms with Crippen molar-refractivity contribution in [1.29, 1.82) is 0 Å². The molecule has 0 saturated heterocycles. The molecule has 2 amide bonds. The van der Waals surface area contributed by atoms with E-state index in [1.807, 2.05) is 85.8 Å². The van der Waals surface area contributed by atoms with E-state index in [4.69, 9.17) is 4.98 Å². The number of nitrogens with one attached hydrogen (secondary N) is 2. The molecule has 0 spiro atoms. The third-order valence-electron chi connectivity index (χ3n) is 5.59. The first-order valence-corrected chi connectivity index (χ1v) is 10.6. The van der Waals surface area contributed by atoms with Gasteiger partial charge in [0.2, 0.25) is 0 Å². The van der Waals surface area contributed by atoms with Gasteiger partial charge in [0.1, 0.15) is 17.3 Å². The number of imidazole rings is 1. The molecular weight excluding hydrogens is 414 g/mol. The van der Waals surface area contributed by atoms with Crippen molar-refractivity contribution in [2.45, 2.75) is 20.8 Å². The topological polar surface area (TPSA) is 89.1 Å². The van der Waals surface area contributed by atoms with E-state index in [2.05, 4.69) is 20.7 Å². The van der Waals surface area contributed by atoms with Crippen molar-refractivity contribution >= 4 is 23.3 Å². The van der Waals surface area contributed by atoms with Crippen molar-refractivity contribution < 1.29 is 4.79 Å². The number of anilines is 2. The summed E-state index contributed by atoms with van der Waals surface area (Å²) >= 11 is 0. The summed E-state index contributed by atoms with van der Waals surface area (Å²) in [5.74, 6) is 1.18. The fourth-order valence-corrected chi connectivity index (χ4v) is 3.77. The Morgan fingerprint density at radius 2 is 1.52 bits per heavy atom. The number of amides is 2. The van der Waals surface area contributed by atoms with Crippen LogP contribution in [0.2, 0.25) is 0 Å². The highest BCUT2D eigenvalue weighted by Crippen LogP contribution is 2.30. The highest BCUT2D eigenvalue weighted by molar-refractivity contribution is 6.02. The van der Waals surface area contributed by atoms with Crippen molar-refractivity contribution in [3.8, 4) is 16.9 Å². The number of para-hydroxylation sites is 1. The van der Waals surface area contributed by atoms with Crippen molar-refractivity contribution in [2.75, 3.05) is 10.6 Å². The molecule has 3 aromatic heterocycles. The lowest BCUT2D eigenvalue weighted by atomic mass is 10.1. The molecule has 5 aromatic rings. The molecule has 0 radical (unpaired) electrons. The molecule has 2 N–H and O–H groups in total. The van der Waals surface area contributed by atoms with Gasteiger partial charge in [-0.1, -0.05) is 48.5 Å². The number of hydrogen-bond donors (Lipinski definition) is 2. The quantitative estimate of drug-likeness (QED) is 0.407. The minimum Gasteiger partial charge on any atom is -0.292 e. The van der Waals surface area contributed by atoms with Crippen molar-refractivity contribution in [3.63, 3.8) is 0 Å². The molecule has 8 nitrogen and oxygen atoms in total. The number of benzene rings is 2. The van der Waals surface area contributed by atoms with Gasteiger partial charge in [0.15, 0.2) is 5.65 Å². The molecule has 3 heterocycles. The summed E-state index contributed by atoms with van der Waals surface area (Å²) in [5.41, 5.74) is 5.64. The smallest absolute Gasteiger partial charge is 0.292 e. The van der Waals surface area contributed by atoms with Gasteiger partial charge in [0.05, 0.1) is 17.1 Å². The minimum atomic E-state index is -0.386. The summed E-state index contributed by atoms with van der Waals surface area (Å²) in [6, 6.07) is 19.1. The molecule has 0 unspecified atom stereocenters. The Balaban J connectivity index is 1.53. The number of aryl methyl sites for hydroxylation is 2. The predicted molar refractivity (Wildman–Crippen MR) is 129 cm³/mol. The van der Waals surface area contributed by atoms with Crippen LogP contribution in [0.5, 0.6) is 0 Å². The molecule has 8 heteroatoms. The molecule has 2 aromatic carbocycles. The Labute approximate surface area is 190 Å². The van der Waals surface area contributed by atoms with Gasteiger partial charge < -0.3 is 0 Å². The Bertz CT molecular complexity index is 1450. The molecule has 0 bridgehead atoms. The molecule has 0 aliphatic rings. The highest BCUT2D eigenvalue weighted by atomic mass is 16.2. The normalized spacial score (nSPS) is 11.0. The SMILES string of the molecule is Cc1nn(-c2ccccc2)c(NC(=O)Nc2c(-c3ccccc3)nc3c(C)nccn23)c1C. The molecule has 5 rings (SSSR count). The fraction of sp³-hybridized carbons (Fsp3) is 0.120. The van der Waals surface area contributed by atoms with E-state index < -0.39 is 0 Å². The summed E-state index contributed by atoms with van der Waals surface area (Å²) in [7, 11) is 0. The van der Waals surface area contributed by atoms with Crippen LogP contribution < -0.4 is 10.6 Å². The van der Waals surface area contributed by atoms with Gasteiger partial charge >= 0.3 is 6.03 Å². The maximum Gasteiger partial charge on any atom is 0.326 e. The fourth-order valence-electron chi connectivity index (χ4n) is 3.77. The molecule has 33 heavy (non-hydrogen) atoms. The molecular formula is C25H23N7O. The zero-order valence-corrected chi connectivity index (χ0v) is 18.6. The Morgan fingerprint density at radius 1 is 0.848 bits per heavy atom. The standard InChI is InChI=1S/C25H23N7O/c1-16-17(2)30-32(20-12-8-5-9-13-20)22(16)28-25(33)29-24-21(19-10-6-4-7-11-19)27-23-18(3)26-14-15-31(23)24/h4-15H,1-3H3,(H2,28,29,33). The lowest BCUT2D eigenvalue weighted by molar-refractivity contribution is 0.262. The highest BCUT2D eigenvalue weighted by Gasteiger charge is 2.20. The van der Waals surface area contributed by atoms with E-state index in [1.54, 1.807) is 17.1 Å². The Hall–Kier alpha value is -4.46. The number of fused-ring (bicyclic) bond motifs is 1. The van der Waals surface area contributed by atoms with E-state index in [1.165, 1.54) is 0 Å². The van der Waals surface area contributed by atoms with Crippen LogP contribution in [0.15, 0.2) is 73.1 Å². The zero-order chi connectivity index (χ0) is 22.9. The predicted octanol–water partition coefficient (Wildman–Crippen LogP) is 5.15. The van der Waals surface area contributed by atoms with Gasteiger partial charge in [-0.15, -0.1) is 0 Å².